The number of carbonyl (C=O) groups excluding carboxylic acids is 1. The van der Waals surface area contributed by atoms with Crippen molar-refractivity contribution in [3.63, 3.8) is 0 Å². The predicted octanol–water partition coefficient (Wildman–Crippen LogP) is 3.11. The number of Topliss-reactive ketones (excluding diaryl/α,β-unsaturated/α-hetero) is 1. The molecule has 0 radical (unpaired) electrons. The molecule has 5 heteroatoms. The molecule has 0 saturated heterocycles. The average Bonchev–Trinajstić information content (AvgIpc) is 2.01. The molecule has 1 aromatic carbocycles. The molecule has 0 unspecified atom stereocenters. The van der Waals surface area contributed by atoms with Gasteiger partial charge in [-0.3, -0.25) is 4.79 Å². The summed E-state index contributed by atoms with van der Waals surface area (Å²) in [5.74, 6) is -3.35. The van der Waals surface area contributed by atoms with E-state index in [-0.39, 0.29) is 0 Å². The fourth-order valence-electron chi connectivity index (χ4n) is 1.06. The minimum atomic E-state index is -2.96. The zero-order chi connectivity index (χ0) is 10.9. The van der Waals surface area contributed by atoms with Crippen molar-refractivity contribution in [2.45, 2.75) is 13.3 Å². The van der Waals surface area contributed by atoms with Crippen molar-refractivity contribution < 1.29 is 22.4 Å². The second kappa shape index (κ2) is 3.77. The van der Waals surface area contributed by atoms with Crippen LogP contribution in [0.2, 0.25) is 0 Å². The van der Waals surface area contributed by atoms with E-state index in [4.69, 9.17) is 0 Å². The zero-order valence-electron chi connectivity index (χ0n) is 7.15. The first-order valence-corrected chi connectivity index (χ1v) is 3.71. The third kappa shape index (κ3) is 1.92. The minimum absolute atomic E-state index is 0.463. The Morgan fingerprint density at radius 1 is 1.21 bits per heavy atom. The fourth-order valence-corrected chi connectivity index (χ4v) is 1.06. The molecule has 0 atom stereocenters. The molecule has 0 aromatic heterocycles. The molecular formula is C9H6F4O. The van der Waals surface area contributed by atoms with E-state index in [1.165, 1.54) is 0 Å². The highest BCUT2D eigenvalue weighted by atomic mass is 19.3. The van der Waals surface area contributed by atoms with Crippen LogP contribution in [0.4, 0.5) is 17.6 Å². The Labute approximate surface area is 77.3 Å². The van der Waals surface area contributed by atoms with Gasteiger partial charge in [0.2, 0.25) is 0 Å². The lowest BCUT2D eigenvalue weighted by molar-refractivity contribution is 0.100. The molecule has 0 amide bonds. The van der Waals surface area contributed by atoms with Crippen LogP contribution in [0, 0.1) is 11.6 Å². The van der Waals surface area contributed by atoms with E-state index >= 15 is 0 Å². The molecule has 0 saturated carbocycles. The molecule has 1 aromatic rings. The van der Waals surface area contributed by atoms with E-state index in [0.29, 0.717) is 12.1 Å². The lowest BCUT2D eigenvalue weighted by atomic mass is 10.1. The number of rotatable bonds is 2. The maximum Gasteiger partial charge on any atom is 0.264 e. The van der Waals surface area contributed by atoms with Crippen LogP contribution in [0.15, 0.2) is 12.1 Å². The standard InChI is InChI=1S/C9H6F4O/c1-4(14)8-6(10)2-5(9(12)13)3-7(8)11/h2-3,9H,1H3. The van der Waals surface area contributed by atoms with E-state index in [2.05, 4.69) is 0 Å². The van der Waals surface area contributed by atoms with Crippen LogP contribution in [-0.4, -0.2) is 5.78 Å². The van der Waals surface area contributed by atoms with E-state index in [9.17, 15) is 22.4 Å². The van der Waals surface area contributed by atoms with Gasteiger partial charge in [0, 0.05) is 5.56 Å². The molecule has 0 aliphatic carbocycles. The van der Waals surface area contributed by atoms with Gasteiger partial charge in [-0.25, -0.2) is 17.6 Å². The smallest absolute Gasteiger partial charge is 0.264 e. The Morgan fingerprint density at radius 2 is 1.64 bits per heavy atom. The third-order valence-corrected chi connectivity index (χ3v) is 1.67. The van der Waals surface area contributed by atoms with Gasteiger partial charge in [-0.2, -0.15) is 0 Å². The van der Waals surface area contributed by atoms with Crippen LogP contribution >= 0.6 is 0 Å². The lowest BCUT2D eigenvalue weighted by Gasteiger charge is -2.04. The highest BCUT2D eigenvalue weighted by molar-refractivity contribution is 5.94. The summed E-state index contributed by atoms with van der Waals surface area (Å²) in [6.07, 6.45) is -2.96. The van der Waals surface area contributed by atoms with Crippen molar-refractivity contribution in [2.75, 3.05) is 0 Å². The number of halogens is 4. The molecule has 0 fully saturated rings. The Hall–Kier alpha value is -1.39. The second-order valence-corrected chi connectivity index (χ2v) is 2.72. The highest BCUT2D eigenvalue weighted by Crippen LogP contribution is 2.23. The zero-order valence-corrected chi connectivity index (χ0v) is 7.15. The number of carbonyl (C=O) groups is 1. The molecule has 0 bridgehead atoms. The van der Waals surface area contributed by atoms with E-state index in [0.717, 1.165) is 6.92 Å². The van der Waals surface area contributed by atoms with Crippen molar-refractivity contribution in [1.82, 2.24) is 0 Å². The Balaban J connectivity index is 3.32. The Kier molecular flexibility index (Phi) is 2.88. The van der Waals surface area contributed by atoms with E-state index in [1.54, 1.807) is 0 Å². The summed E-state index contributed by atoms with van der Waals surface area (Å²) in [7, 11) is 0. The maximum absolute atomic E-state index is 12.9. The van der Waals surface area contributed by atoms with Crippen LogP contribution in [0.1, 0.15) is 29.3 Å². The maximum atomic E-state index is 12.9. The van der Waals surface area contributed by atoms with Gasteiger partial charge in [0.25, 0.3) is 6.43 Å². The van der Waals surface area contributed by atoms with Gasteiger partial charge in [-0.05, 0) is 19.1 Å². The molecular weight excluding hydrogens is 200 g/mol. The summed E-state index contributed by atoms with van der Waals surface area (Å²) < 4.78 is 49.9. The highest BCUT2D eigenvalue weighted by Gasteiger charge is 2.18. The van der Waals surface area contributed by atoms with Crippen LogP contribution in [0.25, 0.3) is 0 Å². The summed E-state index contributed by atoms with van der Waals surface area (Å²) in [5.41, 5.74) is -1.56. The monoisotopic (exact) mass is 206 g/mol. The minimum Gasteiger partial charge on any atom is -0.294 e. The van der Waals surface area contributed by atoms with Gasteiger partial charge in [0.1, 0.15) is 11.6 Å². The number of alkyl halides is 2. The molecule has 0 N–H and O–H groups in total. The second-order valence-electron chi connectivity index (χ2n) is 2.72. The largest absolute Gasteiger partial charge is 0.294 e. The van der Waals surface area contributed by atoms with Crippen molar-refractivity contribution in [1.29, 1.82) is 0 Å². The molecule has 0 aliphatic rings. The number of hydrogen-bond donors (Lipinski definition) is 0. The van der Waals surface area contributed by atoms with Crippen LogP contribution < -0.4 is 0 Å². The molecule has 1 rings (SSSR count). The quantitative estimate of drug-likeness (QED) is 0.536. The first-order chi connectivity index (χ1) is 6.43. The number of hydrogen-bond acceptors (Lipinski definition) is 1. The van der Waals surface area contributed by atoms with Gasteiger partial charge in [-0.1, -0.05) is 0 Å². The Morgan fingerprint density at radius 3 is 1.93 bits per heavy atom. The van der Waals surface area contributed by atoms with E-state index in [1.807, 2.05) is 0 Å². The van der Waals surface area contributed by atoms with Crippen molar-refractivity contribution >= 4 is 5.78 Å². The third-order valence-electron chi connectivity index (χ3n) is 1.67. The van der Waals surface area contributed by atoms with Gasteiger partial charge in [0.15, 0.2) is 5.78 Å². The number of benzene rings is 1. The van der Waals surface area contributed by atoms with Gasteiger partial charge >= 0.3 is 0 Å². The first-order valence-electron chi connectivity index (χ1n) is 3.71. The van der Waals surface area contributed by atoms with Crippen molar-refractivity contribution in [2.24, 2.45) is 0 Å². The van der Waals surface area contributed by atoms with Crippen molar-refractivity contribution in [3.8, 4) is 0 Å². The molecule has 0 spiro atoms. The van der Waals surface area contributed by atoms with Gasteiger partial charge < -0.3 is 0 Å². The van der Waals surface area contributed by atoms with Gasteiger partial charge in [-0.15, -0.1) is 0 Å². The molecule has 14 heavy (non-hydrogen) atoms. The molecule has 76 valence electrons. The molecule has 0 aliphatic heterocycles. The van der Waals surface area contributed by atoms with Crippen LogP contribution in [0.3, 0.4) is 0 Å². The van der Waals surface area contributed by atoms with Crippen LogP contribution in [-0.2, 0) is 0 Å². The normalized spacial score (nSPS) is 10.7. The lowest BCUT2D eigenvalue weighted by Crippen LogP contribution is -2.03. The summed E-state index contributed by atoms with van der Waals surface area (Å²) in [4.78, 5) is 10.7. The summed E-state index contributed by atoms with van der Waals surface area (Å²) >= 11 is 0. The van der Waals surface area contributed by atoms with Gasteiger partial charge in [0.05, 0.1) is 5.56 Å². The SMILES string of the molecule is CC(=O)c1c(F)cc(C(F)F)cc1F. The first kappa shape index (κ1) is 10.7. The topological polar surface area (TPSA) is 17.1 Å². The molecule has 1 nitrogen and oxygen atoms in total. The predicted molar refractivity (Wildman–Crippen MR) is 41.3 cm³/mol. The average molecular weight is 206 g/mol. The van der Waals surface area contributed by atoms with Crippen molar-refractivity contribution in [3.05, 3.63) is 34.9 Å². The molecule has 0 heterocycles. The summed E-state index contributed by atoms with van der Waals surface area (Å²) in [6, 6.07) is 0.926. The summed E-state index contributed by atoms with van der Waals surface area (Å²) in [5, 5.41) is 0. The van der Waals surface area contributed by atoms with Crippen LogP contribution in [0.5, 0.6) is 0 Å². The fraction of sp³-hybridized carbons (Fsp3) is 0.222. The van der Waals surface area contributed by atoms with E-state index < -0.39 is 35.0 Å². The number of ketones is 1. The summed E-state index contributed by atoms with van der Waals surface area (Å²) in [6.45, 7) is 0.962. The Bertz CT molecular complexity index is 350.